The van der Waals surface area contributed by atoms with E-state index in [2.05, 4.69) is 5.32 Å². The van der Waals surface area contributed by atoms with Crippen molar-refractivity contribution in [1.29, 1.82) is 0 Å². The standard InChI is InChI=1S/C10H19N/c1-2-4-8-11-9-10(5-3-1)6-7-10/h11H,1-9H2. The van der Waals surface area contributed by atoms with Crippen molar-refractivity contribution >= 4 is 0 Å². The van der Waals surface area contributed by atoms with Crippen molar-refractivity contribution in [2.45, 2.75) is 44.9 Å². The molecule has 1 spiro atoms. The van der Waals surface area contributed by atoms with Crippen LogP contribution < -0.4 is 5.32 Å². The van der Waals surface area contributed by atoms with Crippen molar-refractivity contribution < 1.29 is 0 Å². The second-order valence-electron chi connectivity index (χ2n) is 4.34. The van der Waals surface area contributed by atoms with Gasteiger partial charge in [0.25, 0.3) is 0 Å². The van der Waals surface area contributed by atoms with E-state index in [0.717, 1.165) is 5.41 Å². The van der Waals surface area contributed by atoms with Gasteiger partial charge in [0.1, 0.15) is 0 Å². The van der Waals surface area contributed by atoms with Crippen LogP contribution in [-0.2, 0) is 0 Å². The van der Waals surface area contributed by atoms with E-state index in [-0.39, 0.29) is 0 Å². The Morgan fingerprint density at radius 1 is 0.818 bits per heavy atom. The fourth-order valence-electron chi connectivity index (χ4n) is 2.15. The second kappa shape index (κ2) is 3.14. The van der Waals surface area contributed by atoms with Crippen LogP contribution in [0.2, 0.25) is 0 Å². The highest BCUT2D eigenvalue weighted by atomic mass is 14.9. The lowest BCUT2D eigenvalue weighted by atomic mass is 9.99. The third-order valence-electron chi connectivity index (χ3n) is 3.27. The lowest BCUT2D eigenvalue weighted by Crippen LogP contribution is -2.24. The van der Waals surface area contributed by atoms with Gasteiger partial charge in [-0.25, -0.2) is 0 Å². The second-order valence-corrected chi connectivity index (χ2v) is 4.34. The summed E-state index contributed by atoms with van der Waals surface area (Å²) in [6.07, 6.45) is 10.3. The molecule has 1 heterocycles. The summed E-state index contributed by atoms with van der Waals surface area (Å²) in [5.41, 5.74) is 0.782. The van der Waals surface area contributed by atoms with Gasteiger partial charge in [-0.3, -0.25) is 0 Å². The van der Waals surface area contributed by atoms with Crippen LogP contribution in [0.1, 0.15) is 44.9 Å². The molecule has 64 valence electrons. The Bertz CT molecular complexity index is 115. The highest BCUT2D eigenvalue weighted by molar-refractivity contribution is 4.94. The maximum absolute atomic E-state index is 3.58. The van der Waals surface area contributed by atoms with E-state index in [1.165, 1.54) is 58.0 Å². The first kappa shape index (κ1) is 7.60. The first-order valence-corrected chi connectivity index (χ1v) is 5.12. The van der Waals surface area contributed by atoms with Gasteiger partial charge in [-0.2, -0.15) is 0 Å². The zero-order chi connectivity index (χ0) is 7.57. The summed E-state index contributed by atoms with van der Waals surface area (Å²) in [5.74, 6) is 0. The number of hydrogen-bond acceptors (Lipinski definition) is 1. The van der Waals surface area contributed by atoms with Crippen LogP contribution in [0.4, 0.5) is 0 Å². The van der Waals surface area contributed by atoms with Crippen LogP contribution in [-0.4, -0.2) is 13.1 Å². The topological polar surface area (TPSA) is 12.0 Å². The molecular weight excluding hydrogens is 134 g/mol. The van der Waals surface area contributed by atoms with Crippen molar-refractivity contribution in [2.75, 3.05) is 13.1 Å². The number of rotatable bonds is 0. The predicted octanol–water partition coefficient (Wildman–Crippen LogP) is 2.32. The summed E-state index contributed by atoms with van der Waals surface area (Å²) in [4.78, 5) is 0. The SMILES string of the molecule is C1CCCC2(CC2)CNCC1. The van der Waals surface area contributed by atoms with Gasteiger partial charge in [0.15, 0.2) is 0 Å². The first-order valence-electron chi connectivity index (χ1n) is 5.12. The van der Waals surface area contributed by atoms with Gasteiger partial charge in [0, 0.05) is 6.54 Å². The van der Waals surface area contributed by atoms with Gasteiger partial charge in [0.05, 0.1) is 0 Å². The Balaban J connectivity index is 1.82. The molecular formula is C10H19N. The smallest absolute Gasteiger partial charge is 0.000781 e. The van der Waals surface area contributed by atoms with Crippen molar-refractivity contribution in [3.63, 3.8) is 0 Å². The molecule has 1 heteroatoms. The van der Waals surface area contributed by atoms with E-state index >= 15 is 0 Å². The van der Waals surface area contributed by atoms with E-state index in [4.69, 9.17) is 0 Å². The molecule has 2 fully saturated rings. The Morgan fingerprint density at radius 3 is 2.45 bits per heavy atom. The van der Waals surface area contributed by atoms with Crippen molar-refractivity contribution in [1.82, 2.24) is 5.32 Å². The number of nitrogens with one attached hydrogen (secondary N) is 1. The highest BCUT2D eigenvalue weighted by Gasteiger charge is 2.41. The van der Waals surface area contributed by atoms with Gasteiger partial charge in [-0.15, -0.1) is 0 Å². The van der Waals surface area contributed by atoms with Gasteiger partial charge in [-0.1, -0.05) is 19.3 Å². The minimum absolute atomic E-state index is 0.782. The molecule has 1 saturated heterocycles. The van der Waals surface area contributed by atoms with Crippen molar-refractivity contribution in [3.05, 3.63) is 0 Å². The van der Waals surface area contributed by atoms with E-state index in [1.54, 1.807) is 0 Å². The quantitative estimate of drug-likeness (QED) is 0.563. The molecule has 0 amide bonds. The van der Waals surface area contributed by atoms with Crippen LogP contribution in [0.15, 0.2) is 0 Å². The summed E-state index contributed by atoms with van der Waals surface area (Å²) in [6.45, 7) is 2.58. The largest absolute Gasteiger partial charge is 0.316 e. The minimum Gasteiger partial charge on any atom is -0.316 e. The summed E-state index contributed by atoms with van der Waals surface area (Å²) in [6, 6.07) is 0. The molecule has 0 aromatic rings. The molecule has 0 aromatic heterocycles. The molecule has 2 aliphatic rings. The Morgan fingerprint density at radius 2 is 1.64 bits per heavy atom. The lowest BCUT2D eigenvalue weighted by Gasteiger charge is -2.13. The Hall–Kier alpha value is -0.0400. The van der Waals surface area contributed by atoms with Crippen LogP contribution in [0.5, 0.6) is 0 Å². The lowest BCUT2D eigenvalue weighted by molar-refractivity contribution is 0.425. The average Bonchev–Trinajstić information content (AvgIpc) is 2.70. The average molecular weight is 153 g/mol. The van der Waals surface area contributed by atoms with E-state index in [0.29, 0.717) is 0 Å². The van der Waals surface area contributed by atoms with Crippen LogP contribution in [0.3, 0.4) is 0 Å². The fraction of sp³-hybridized carbons (Fsp3) is 1.00. The maximum atomic E-state index is 3.58. The normalized spacial score (nSPS) is 30.5. The zero-order valence-corrected chi connectivity index (χ0v) is 7.36. The molecule has 0 unspecified atom stereocenters. The van der Waals surface area contributed by atoms with E-state index in [1.807, 2.05) is 0 Å². The van der Waals surface area contributed by atoms with Crippen LogP contribution >= 0.6 is 0 Å². The molecule has 0 bridgehead atoms. The molecule has 0 radical (unpaired) electrons. The molecule has 1 aliphatic carbocycles. The number of hydrogen-bond donors (Lipinski definition) is 1. The first-order chi connectivity index (χ1) is 5.41. The molecule has 1 nitrogen and oxygen atoms in total. The van der Waals surface area contributed by atoms with Crippen molar-refractivity contribution in [2.24, 2.45) is 5.41 Å². The predicted molar refractivity (Wildman–Crippen MR) is 47.6 cm³/mol. The highest BCUT2D eigenvalue weighted by Crippen LogP contribution is 2.49. The van der Waals surface area contributed by atoms with Gasteiger partial charge < -0.3 is 5.32 Å². The van der Waals surface area contributed by atoms with Gasteiger partial charge >= 0.3 is 0 Å². The monoisotopic (exact) mass is 153 g/mol. The van der Waals surface area contributed by atoms with Gasteiger partial charge in [-0.05, 0) is 37.6 Å². The van der Waals surface area contributed by atoms with Crippen molar-refractivity contribution in [3.8, 4) is 0 Å². The molecule has 1 N–H and O–H groups in total. The summed E-state index contributed by atoms with van der Waals surface area (Å²) >= 11 is 0. The van der Waals surface area contributed by atoms with E-state index < -0.39 is 0 Å². The summed E-state index contributed by atoms with van der Waals surface area (Å²) < 4.78 is 0. The molecule has 1 aliphatic heterocycles. The Kier molecular flexibility index (Phi) is 2.17. The minimum atomic E-state index is 0.782. The van der Waals surface area contributed by atoms with E-state index in [9.17, 15) is 0 Å². The molecule has 2 rings (SSSR count). The molecule has 0 atom stereocenters. The molecule has 11 heavy (non-hydrogen) atoms. The molecule has 1 saturated carbocycles. The fourth-order valence-corrected chi connectivity index (χ4v) is 2.15. The summed E-state index contributed by atoms with van der Waals surface area (Å²) in [7, 11) is 0. The molecule has 0 aromatic carbocycles. The maximum Gasteiger partial charge on any atom is 0.000781 e. The third-order valence-corrected chi connectivity index (χ3v) is 3.27. The Labute approximate surface area is 69.6 Å². The third kappa shape index (κ3) is 1.96. The zero-order valence-electron chi connectivity index (χ0n) is 7.36. The van der Waals surface area contributed by atoms with Crippen LogP contribution in [0.25, 0.3) is 0 Å². The van der Waals surface area contributed by atoms with Gasteiger partial charge in [0.2, 0.25) is 0 Å². The summed E-state index contributed by atoms with van der Waals surface area (Å²) in [5, 5.41) is 3.58. The van der Waals surface area contributed by atoms with Crippen LogP contribution in [0, 0.1) is 5.41 Å².